The molecule has 204 valence electrons. The van der Waals surface area contributed by atoms with Crippen LogP contribution in [0.1, 0.15) is 29.9 Å². The van der Waals surface area contributed by atoms with Gasteiger partial charge in [-0.2, -0.15) is 0 Å². The maximum atomic E-state index is 13.8. The summed E-state index contributed by atoms with van der Waals surface area (Å²) in [5.74, 6) is 0.880. The topological polar surface area (TPSA) is 50.6 Å². The molecule has 6 heteroatoms. The molecule has 2 aromatic heterocycles. The monoisotopic (exact) mass is 532 g/mol. The van der Waals surface area contributed by atoms with Crippen molar-refractivity contribution in [1.29, 1.82) is 0 Å². The van der Waals surface area contributed by atoms with Crippen molar-refractivity contribution in [1.82, 2.24) is 14.5 Å². The van der Waals surface area contributed by atoms with Crippen molar-refractivity contribution in [2.24, 2.45) is 0 Å². The molecule has 3 aromatic carbocycles. The quantitative estimate of drug-likeness (QED) is 0.256. The zero-order valence-corrected chi connectivity index (χ0v) is 23.9. The molecule has 2 atom stereocenters. The first-order valence-electron chi connectivity index (χ1n) is 14.0. The van der Waals surface area contributed by atoms with Crippen LogP contribution in [0.2, 0.25) is 0 Å². The summed E-state index contributed by atoms with van der Waals surface area (Å²) in [6.07, 6.45) is 2.19. The second kappa shape index (κ2) is 10.4. The minimum absolute atomic E-state index is 0.0396. The number of methoxy groups -OCH3 is 1. The minimum atomic E-state index is 0.0396. The van der Waals surface area contributed by atoms with Gasteiger partial charge in [0.15, 0.2) is 0 Å². The summed E-state index contributed by atoms with van der Waals surface area (Å²) < 4.78 is 7.62. The van der Waals surface area contributed by atoms with Crippen LogP contribution in [0.3, 0.4) is 0 Å². The summed E-state index contributed by atoms with van der Waals surface area (Å²) in [6, 6.07) is 25.6. The average Bonchev–Trinajstić information content (AvgIpc) is 3.38. The van der Waals surface area contributed by atoms with E-state index < -0.39 is 0 Å². The normalized spacial score (nSPS) is 18.0. The molecule has 1 fully saturated rings. The number of carbonyl (C=O) groups excluding carboxylic acids is 1. The first kappa shape index (κ1) is 26.1. The van der Waals surface area contributed by atoms with Crippen LogP contribution in [0.4, 0.5) is 5.69 Å². The molecule has 1 saturated heterocycles. The van der Waals surface area contributed by atoms with Gasteiger partial charge in [-0.15, -0.1) is 0 Å². The third-order valence-electron chi connectivity index (χ3n) is 8.48. The van der Waals surface area contributed by atoms with Crippen LogP contribution in [0.5, 0.6) is 5.75 Å². The maximum Gasteiger partial charge on any atom is 0.235 e. The smallest absolute Gasteiger partial charge is 0.235 e. The SMILES string of the molecule is COc1cc2ccn(C(=O)Cc3ccc(-c4cccc(C)n4)c4ccccc34)c2cc1N1C[C@@H](C)N(C)[C@@H](C)C1. The van der Waals surface area contributed by atoms with Gasteiger partial charge >= 0.3 is 0 Å². The lowest BCUT2D eigenvalue weighted by Gasteiger charge is -2.43. The summed E-state index contributed by atoms with van der Waals surface area (Å²) >= 11 is 0. The van der Waals surface area contributed by atoms with Crippen LogP contribution >= 0.6 is 0 Å². The van der Waals surface area contributed by atoms with Crippen LogP contribution in [0.15, 0.2) is 79.0 Å². The van der Waals surface area contributed by atoms with E-state index in [1.54, 1.807) is 11.7 Å². The standard InChI is InChI=1S/C34H36N4O2/c1-22-9-8-12-30(35-22)29-14-13-25(27-10-6-7-11-28(27)29)18-34(39)38-16-15-26-17-33(40-5)32(19-31(26)38)37-20-23(2)36(4)24(3)21-37/h6-17,19,23-24H,18,20-21H2,1-5H3/t23-,24+. The molecular weight excluding hydrogens is 496 g/mol. The molecule has 3 heterocycles. The van der Waals surface area contributed by atoms with Gasteiger partial charge in [-0.05, 0) is 74.5 Å². The molecule has 40 heavy (non-hydrogen) atoms. The van der Waals surface area contributed by atoms with Crippen LogP contribution in [0, 0.1) is 6.92 Å². The number of aryl methyl sites for hydroxylation is 1. The fourth-order valence-electron chi connectivity index (χ4n) is 6.06. The third-order valence-corrected chi connectivity index (χ3v) is 8.48. The number of anilines is 1. The summed E-state index contributed by atoms with van der Waals surface area (Å²) in [5.41, 5.74) is 5.96. The molecule has 0 saturated carbocycles. The average molecular weight is 533 g/mol. The minimum Gasteiger partial charge on any atom is -0.495 e. The second-order valence-corrected chi connectivity index (χ2v) is 11.1. The Morgan fingerprint density at radius 2 is 1.70 bits per heavy atom. The van der Waals surface area contributed by atoms with Gasteiger partial charge in [0.25, 0.3) is 0 Å². The third kappa shape index (κ3) is 4.62. The number of fused-ring (bicyclic) bond motifs is 2. The molecule has 0 unspecified atom stereocenters. The summed E-state index contributed by atoms with van der Waals surface area (Å²) in [6.45, 7) is 8.33. The van der Waals surface area contributed by atoms with E-state index in [9.17, 15) is 4.79 Å². The van der Waals surface area contributed by atoms with Gasteiger partial charge in [0, 0.05) is 48.0 Å². The molecule has 0 spiro atoms. The van der Waals surface area contributed by atoms with Crippen molar-refractivity contribution in [3.05, 3.63) is 90.3 Å². The highest BCUT2D eigenvalue weighted by Gasteiger charge is 2.28. The van der Waals surface area contributed by atoms with Crippen LogP contribution in [0.25, 0.3) is 32.9 Å². The van der Waals surface area contributed by atoms with E-state index in [1.165, 1.54) is 0 Å². The zero-order chi connectivity index (χ0) is 28.0. The first-order chi connectivity index (χ1) is 19.3. The van der Waals surface area contributed by atoms with Crippen LogP contribution in [-0.4, -0.2) is 59.7 Å². The van der Waals surface area contributed by atoms with Crippen molar-refractivity contribution in [3.8, 4) is 17.0 Å². The molecule has 6 rings (SSSR count). The Balaban J connectivity index is 1.36. The highest BCUT2D eigenvalue weighted by molar-refractivity contribution is 6.01. The maximum absolute atomic E-state index is 13.8. The Hall–Kier alpha value is -4.16. The van der Waals surface area contributed by atoms with Gasteiger partial charge in [0.1, 0.15) is 5.75 Å². The van der Waals surface area contributed by atoms with E-state index in [1.807, 2.05) is 49.5 Å². The van der Waals surface area contributed by atoms with E-state index in [0.29, 0.717) is 18.5 Å². The van der Waals surface area contributed by atoms with Gasteiger partial charge in [0.05, 0.1) is 30.4 Å². The summed E-state index contributed by atoms with van der Waals surface area (Å²) in [4.78, 5) is 23.4. The van der Waals surface area contributed by atoms with Crippen molar-refractivity contribution < 1.29 is 9.53 Å². The fraction of sp³-hybridized carbons (Fsp3) is 0.294. The number of hydrogen-bond donors (Lipinski definition) is 0. The van der Waals surface area contributed by atoms with Gasteiger partial charge < -0.3 is 9.64 Å². The van der Waals surface area contributed by atoms with E-state index >= 15 is 0 Å². The Morgan fingerprint density at radius 1 is 0.950 bits per heavy atom. The lowest BCUT2D eigenvalue weighted by atomic mass is 9.95. The largest absolute Gasteiger partial charge is 0.495 e. The highest BCUT2D eigenvalue weighted by Crippen LogP contribution is 2.36. The Morgan fingerprint density at radius 3 is 2.42 bits per heavy atom. The highest BCUT2D eigenvalue weighted by atomic mass is 16.5. The molecule has 6 nitrogen and oxygen atoms in total. The van der Waals surface area contributed by atoms with E-state index in [2.05, 4.69) is 67.1 Å². The molecule has 5 aromatic rings. The molecule has 1 aliphatic rings. The lowest BCUT2D eigenvalue weighted by molar-refractivity contribution is 0.0920. The number of nitrogens with zero attached hydrogens (tertiary/aromatic N) is 4. The van der Waals surface area contributed by atoms with Crippen molar-refractivity contribution in [2.45, 2.75) is 39.3 Å². The van der Waals surface area contributed by atoms with Gasteiger partial charge in [-0.1, -0.05) is 42.5 Å². The van der Waals surface area contributed by atoms with Gasteiger partial charge in [-0.3, -0.25) is 19.2 Å². The van der Waals surface area contributed by atoms with E-state index in [0.717, 1.165) is 68.7 Å². The number of rotatable bonds is 5. The fourth-order valence-corrected chi connectivity index (χ4v) is 6.06. The molecular formula is C34H36N4O2. The Kier molecular flexibility index (Phi) is 6.80. The lowest BCUT2D eigenvalue weighted by Crippen LogP contribution is -2.55. The molecule has 0 amide bonds. The van der Waals surface area contributed by atoms with Crippen molar-refractivity contribution in [3.63, 3.8) is 0 Å². The van der Waals surface area contributed by atoms with E-state index in [-0.39, 0.29) is 5.91 Å². The number of aromatic nitrogens is 2. The predicted octanol–water partition coefficient (Wildman–Crippen LogP) is 6.59. The molecule has 0 radical (unpaired) electrons. The van der Waals surface area contributed by atoms with Crippen LogP contribution < -0.4 is 9.64 Å². The van der Waals surface area contributed by atoms with Crippen molar-refractivity contribution in [2.75, 3.05) is 32.1 Å². The number of carbonyl (C=O) groups is 1. The number of benzene rings is 3. The molecule has 1 aliphatic heterocycles. The zero-order valence-electron chi connectivity index (χ0n) is 23.9. The molecule has 0 bridgehead atoms. The molecule has 0 aliphatic carbocycles. The number of hydrogen-bond acceptors (Lipinski definition) is 5. The number of piperazine rings is 1. The summed E-state index contributed by atoms with van der Waals surface area (Å²) in [5, 5.41) is 3.18. The summed E-state index contributed by atoms with van der Waals surface area (Å²) in [7, 11) is 3.90. The molecule has 0 N–H and O–H groups in total. The van der Waals surface area contributed by atoms with Crippen LogP contribution in [-0.2, 0) is 6.42 Å². The van der Waals surface area contributed by atoms with Crippen molar-refractivity contribution >= 4 is 33.3 Å². The van der Waals surface area contributed by atoms with Gasteiger partial charge in [-0.25, -0.2) is 0 Å². The van der Waals surface area contributed by atoms with E-state index in [4.69, 9.17) is 9.72 Å². The predicted molar refractivity (Wildman–Crippen MR) is 164 cm³/mol. The first-order valence-corrected chi connectivity index (χ1v) is 14.0. The number of ether oxygens (including phenoxy) is 1. The Bertz CT molecular complexity index is 1710. The second-order valence-electron chi connectivity index (χ2n) is 11.1. The van der Waals surface area contributed by atoms with Gasteiger partial charge in [0.2, 0.25) is 5.91 Å². The number of likely N-dealkylation sites (N-methyl/N-ethyl adjacent to an activating group) is 1. The Labute approximate surface area is 235 Å². The number of pyridine rings is 1.